The van der Waals surface area contributed by atoms with Gasteiger partial charge < -0.3 is 5.11 Å². The summed E-state index contributed by atoms with van der Waals surface area (Å²) in [5, 5.41) is 8.85. The molecule has 0 bridgehead atoms. The lowest BCUT2D eigenvalue weighted by molar-refractivity contribution is 0.420. The molecule has 0 aromatic heterocycles. The second-order valence-corrected chi connectivity index (χ2v) is 2.21. The van der Waals surface area contributed by atoms with Crippen molar-refractivity contribution in [2.45, 2.75) is 13.3 Å². The summed E-state index contributed by atoms with van der Waals surface area (Å²) < 4.78 is 0. The maximum atomic E-state index is 8.85. The average Bonchev–Trinajstić information content (AvgIpc) is 1.64. The molecule has 0 unspecified atom stereocenters. The minimum absolute atomic E-state index is 0.406. The molecule has 0 aromatic carbocycles. The Morgan fingerprint density at radius 3 is 2.88 bits per heavy atom. The lowest BCUT2D eigenvalue weighted by Gasteiger charge is -2.05. The van der Waals surface area contributed by atoms with Crippen LogP contribution in [0.4, 0.5) is 0 Å². The van der Waals surface area contributed by atoms with Crippen molar-refractivity contribution >= 4 is 0 Å². The van der Waals surface area contributed by atoms with Gasteiger partial charge in [-0.3, -0.25) is 0 Å². The molecule has 1 atom stereocenters. The van der Waals surface area contributed by atoms with Gasteiger partial charge in [0, 0.05) is 0 Å². The van der Waals surface area contributed by atoms with Gasteiger partial charge in [-0.2, -0.15) is 0 Å². The van der Waals surface area contributed by atoms with Crippen LogP contribution in [0, 0.1) is 5.92 Å². The van der Waals surface area contributed by atoms with Crippen LogP contribution in [0.1, 0.15) is 13.3 Å². The van der Waals surface area contributed by atoms with Crippen LogP contribution in [0.15, 0.2) is 24.0 Å². The molecule has 1 nitrogen and oxygen atoms in total. The highest BCUT2D eigenvalue weighted by Gasteiger charge is 2.00. The smallest absolute Gasteiger partial charge is 0.111 e. The number of hydrogen-bond donors (Lipinski definition) is 1. The Hall–Kier alpha value is -0.720. The summed E-state index contributed by atoms with van der Waals surface area (Å²) in [5.74, 6) is 0.920. The van der Waals surface area contributed by atoms with Crippen LogP contribution in [0.2, 0.25) is 0 Å². The molecule has 1 aliphatic rings. The van der Waals surface area contributed by atoms with Gasteiger partial charge in [0.15, 0.2) is 0 Å². The molecule has 0 saturated heterocycles. The van der Waals surface area contributed by atoms with Gasteiger partial charge in [-0.15, -0.1) is 0 Å². The first-order chi connectivity index (χ1) is 3.79. The Morgan fingerprint density at radius 2 is 2.50 bits per heavy atom. The standard InChI is InChI=1S/C7H10O/c1-6-3-2-4-7(8)5-6/h2,4-6,8H,3H2,1H3/t6-/m0/s1. The van der Waals surface area contributed by atoms with Crippen molar-refractivity contribution in [1.29, 1.82) is 0 Å². The van der Waals surface area contributed by atoms with Gasteiger partial charge in [-0.05, 0) is 24.5 Å². The molecule has 0 saturated carbocycles. The molecule has 1 heteroatoms. The van der Waals surface area contributed by atoms with Crippen molar-refractivity contribution in [2.24, 2.45) is 5.92 Å². The highest BCUT2D eigenvalue weighted by molar-refractivity contribution is 5.16. The largest absolute Gasteiger partial charge is 0.508 e. The first kappa shape index (κ1) is 5.42. The van der Waals surface area contributed by atoms with Gasteiger partial charge in [0.25, 0.3) is 0 Å². The van der Waals surface area contributed by atoms with E-state index in [1.807, 2.05) is 12.2 Å². The van der Waals surface area contributed by atoms with E-state index in [9.17, 15) is 0 Å². The number of rotatable bonds is 0. The van der Waals surface area contributed by atoms with Gasteiger partial charge in [-0.25, -0.2) is 0 Å². The average molecular weight is 110 g/mol. The van der Waals surface area contributed by atoms with Gasteiger partial charge in [-0.1, -0.05) is 13.0 Å². The molecule has 0 radical (unpaired) electrons. The Kier molecular flexibility index (Phi) is 1.38. The third-order valence-corrected chi connectivity index (χ3v) is 1.25. The molecule has 0 heterocycles. The van der Waals surface area contributed by atoms with E-state index < -0.39 is 0 Å². The van der Waals surface area contributed by atoms with Crippen LogP contribution in [0.3, 0.4) is 0 Å². The zero-order chi connectivity index (χ0) is 5.98. The molecule has 44 valence electrons. The number of aliphatic hydroxyl groups is 1. The van der Waals surface area contributed by atoms with Gasteiger partial charge in [0.05, 0.1) is 0 Å². The van der Waals surface area contributed by atoms with E-state index in [4.69, 9.17) is 5.11 Å². The maximum absolute atomic E-state index is 8.85. The number of aliphatic hydroxyl groups excluding tert-OH is 1. The summed E-state index contributed by atoms with van der Waals surface area (Å²) in [6.07, 6.45) is 6.64. The SMILES string of the molecule is C[C@@H]1C=C(O)C=CC1. The highest BCUT2D eigenvalue weighted by Crippen LogP contribution is 2.12. The van der Waals surface area contributed by atoms with Crippen molar-refractivity contribution in [3.8, 4) is 0 Å². The van der Waals surface area contributed by atoms with Gasteiger partial charge in [0.1, 0.15) is 5.76 Å². The zero-order valence-corrected chi connectivity index (χ0v) is 4.96. The number of allylic oxidation sites excluding steroid dienone is 3. The Bertz CT molecular complexity index is 133. The summed E-state index contributed by atoms with van der Waals surface area (Å²) in [5.41, 5.74) is 0. The first-order valence-corrected chi connectivity index (χ1v) is 2.86. The summed E-state index contributed by atoms with van der Waals surface area (Å²) in [6.45, 7) is 2.08. The van der Waals surface area contributed by atoms with Gasteiger partial charge >= 0.3 is 0 Å². The molecule has 1 aliphatic carbocycles. The van der Waals surface area contributed by atoms with E-state index >= 15 is 0 Å². The molecule has 1 rings (SSSR count). The van der Waals surface area contributed by atoms with Crippen LogP contribution in [-0.2, 0) is 0 Å². The third kappa shape index (κ3) is 1.12. The fraction of sp³-hybridized carbons (Fsp3) is 0.429. The monoisotopic (exact) mass is 110 g/mol. The molecular formula is C7H10O. The third-order valence-electron chi connectivity index (χ3n) is 1.25. The maximum Gasteiger partial charge on any atom is 0.111 e. The van der Waals surface area contributed by atoms with Crippen molar-refractivity contribution in [3.05, 3.63) is 24.0 Å². The Labute approximate surface area is 49.3 Å². The molecule has 0 aromatic rings. The van der Waals surface area contributed by atoms with E-state index in [0.717, 1.165) is 6.42 Å². The lowest BCUT2D eigenvalue weighted by atomic mass is 10.0. The first-order valence-electron chi connectivity index (χ1n) is 2.86. The van der Waals surface area contributed by atoms with E-state index in [0.29, 0.717) is 11.7 Å². The Balaban J connectivity index is 2.63. The lowest BCUT2D eigenvalue weighted by Crippen LogP contribution is -1.93. The molecule has 0 amide bonds. The van der Waals surface area contributed by atoms with Crippen LogP contribution in [-0.4, -0.2) is 5.11 Å². The molecule has 1 N–H and O–H groups in total. The second-order valence-electron chi connectivity index (χ2n) is 2.21. The fourth-order valence-electron chi connectivity index (χ4n) is 0.819. The fourth-order valence-corrected chi connectivity index (χ4v) is 0.819. The van der Waals surface area contributed by atoms with Crippen molar-refractivity contribution in [2.75, 3.05) is 0 Å². The topological polar surface area (TPSA) is 20.2 Å². The van der Waals surface area contributed by atoms with Crippen molar-refractivity contribution in [3.63, 3.8) is 0 Å². The van der Waals surface area contributed by atoms with Crippen LogP contribution < -0.4 is 0 Å². The second kappa shape index (κ2) is 2.03. The minimum Gasteiger partial charge on any atom is -0.508 e. The van der Waals surface area contributed by atoms with Crippen molar-refractivity contribution in [1.82, 2.24) is 0 Å². The normalized spacial score (nSPS) is 27.6. The molecular weight excluding hydrogens is 100 g/mol. The van der Waals surface area contributed by atoms with E-state index in [1.165, 1.54) is 0 Å². The van der Waals surface area contributed by atoms with E-state index in [-0.39, 0.29) is 0 Å². The molecule has 0 spiro atoms. The number of hydrogen-bond acceptors (Lipinski definition) is 1. The quantitative estimate of drug-likeness (QED) is 0.505. The highest BCUT2D eigenvalue weighted by atomic mass is 16.3. The van der Waals surface area contributed by atoms with Gasteiger partial charge in [0.2, 0.25) is 0 Å². The zero-order valence-electron chi connectivity index (χ0n) is 4.96. The van der Waals surface area contributed by atoms with Crippen LogP contribution >= 0.6 is 0 Å². The Morgan fingerprint density at radius 1 is 1.75 bits per heavy atom. The van der Waals surface area contributed by atoms with E-state index in [2.05, 4.69) is 6.92 Å². The molecule has 8 heavy (non-hydrogen) atoms. The molecule has 0 fully saturated rings. The summed E-state index contributed by atoms with van der Waals surface area (Å²) in [7, 11) is 0. The van der Waals surface area contributed by atoms with Crippen LogP contribution in [0.25, 0.3) is 0 Å². The minimum atomic E-state index is 0.406. The predicted octanol–water partition coefficient (Wildman–Crippen LogP) is 2.02. The predicted molar refractivity (Wildman–Crippen MR) is 33.6 cm³/mol. The molecule has 0 aliphatic heterocycles. The summed E-state index contributed by atoms with van der Waals surface area (Å²) >= 11 is 0. The van der Waals surface area contributed by atoms with E-state index in [1.54, 1.807) is 6.08 Å². The van der Waals surface area contributed by atoms with Crippen molar-refractivity contribution < 1.29 is 5.11 Å². The summed E-state index contributed by atoms with van der Waals surface area (Å²) in [6, 6.07) is 0. The summed E-state index contributed by atoms with van der Waals surface area (Å²) in [4.78, 5) is 0. The van der Waals surface area contributed by atoms with Crippen LogP contribution in [0.5, 0.6) is 0 Å².